The number of piperidine rings is 3. The third kappa shape index (κ3) is 2.64. The van der Waals surface area contributed by atoms with Crippen LogP contribution in [0.25, 0.3) is 0 Å². The van der Waals surface area contributed by atoms with E-state index >= 15 is 0 Å². The Bertz CT molecular complexity index is 494. The van der Waals surface area contributed by atoms with Gasteiger partial charge in [-0.25, -0.2) is 0 Å². The molecule has 0 spiro atoms. The van der Waals surface area contributed by atoms with Crippen LogP contribution in [0.15, 0.2) is 29.4 Å². The van der Waals surface area contributed by atoms with Crippen LogP contribution in [0, 0.1) is 5.92 Å². The fourth-order valence-electron chi connectivity index (χ4n) is 3.42. The smallest absolute Gasteiger partial charge is 0.170 e. The molecule has 0 radical (unpaired) electrons. The van der Waals surface area contributed by atoms with E-state index in [1.807, 2.05) is 24.3 Å². The maximum atomic E-state index is 8.85. The molecule has 0 aliphatic carbocycles. The van der Waals surface area contributed by atoms with Crippen molar-refractivity contribution in [3.63, 3.8) is 0 Å². The zero-order valence-electron chi connectivity index (χ0n) is 11.6. The van der Waals surface area contributed by atoms with Gasteiger partial charge in [-0.2, -0.15) is 0 Å². The highest BCUT2D eigenvalue weighted by Gasteiger charge is 2.33. The van der Waals surface area contributed by atoms with Crippen molar-refractivity contribution in [2.45, 2.75) is 25.4 Å². The summed E-state index contributed by atoms with van der Waals surface area (Å²) < 4.78 is 0. The predicted molar refractivity (Wildman–Crippen MR) is 78.7 cm³/mol. The van der Waals surface area contributed by atoms with Crippen molar-refractivity contribution in [1.29, 1.82) is 0 Å². The Balaban J connectivity index is 1.67. The highest BCUT2D eigenvalue weighted by atomic mass is 16.4. The van der Waals surface area contributed by atoms with E-state index in [1.54, 1.807) is 0 Å². The molecule has 0 aromatic heterocycles. The molecule has 4 N–H and O–H groups in total. The molecular formula is C15H22N4O. The molecule has 5 heteroatoms. The van der Waals surface area contributed by atoms with Crippen LogP contribution in [0.3, 0.4) is 0 Å². The highest BCUT2D eigenvalue weighted by molar-refractivity contribution is 5.98. The second kappa shape index (κ2) is 5.81. The number of rotatable bonds is 4. The molecule has 3 aliphatic rings. The topological polar surface area (TPSA) is 73.9 Å². The minimum atomic E-state index is 0.177. The van der Waals surface area contributed by atoms with Gasteiger partial charge in [-0.1, -0.05) is 29.4 Å². The first-order valence-electron chi connectivity index (χ1n) is 7.29. The second-order valence-corrected chi connectivity index (χ2v) is 5.77. The van der Waals surface area contributed by atoms with E-state index in [1.165, 1.54) is 25.9 Å². The van der Waals surface area contributed by atoms with Crippen LogP contribution in [0.4, 0.5) is 0 Å². The van der Waals surface area contributed by atoms with Crippen molar-refractivity contribution < 1.29 is 5.21 Å². The standard InChI is InChI=1S/C15H22N4O/c16-15(18-20)13-4-2-1-3-12(13)9-17-14-10-19-7-5-11(14)6-8-19/h1-4,11,14,17,20H,5-10H2,(H2,16,18). The molecule has 0 saturated carbocycles. The molecule has 0 amide bonds. The summed E-state index contributed by atoms with van der Waals surface area (Å²) in [6.07, 6.45) is 2.61. The number of hydrogen-bond donors (Lipinski definition) is 3. The number of nitrogens with one attached hydrogen (secondary N) is 1. The highest BCUT2D eigenvalue weighted by Crippen LogP contribution is 2.27. The van der Waals surface area contributed by atoms with Crippen LogP contribution < -0.4 is 11.1 Å². The van der Waals surface area contributed by atoms with Crippen molar-refractivity contribution in [1.82, 2.24) is 10.2 Å². The van der Waals surface area contributed by atoms with Gasteiger partial charge >= 0.3 is 0 Å². The summed E-state index contributed by atoms with van der Waals surface area (Å²) >= 11 is 0. The first kappa shape index (κ1) is 13.4. The van der Waals surface area contributed by atoms with Crippen LogP contribution in [-0.2, 0) is 6.54 Å². The number of hydrogen-bond acceptors (Lipinski definition) is 4. The Morgan fingerprint density at radius 1 is 1.35 bits per heavy atom. The van der Waals surface area contributed by atoms with Gasteiger partial charge in [0.05, 0.1) is 0 Å². The van der Waals surface area contributed by atoms with Gasteiger partial charge in [0.1, 0.15) is 0 Å². The first-order chi connectivity index (χ1) is 9.78. The lowest BCUT2D eigenvalue weighted by atomic mass is 9.84. The quantitative estimate of drug-likeness (QED) is 0.331. The van der Waals surface area contributed by atoms with E-state index in [2.05, 4.69) is 15.4 Å². The molecule has 5 nitrogen and oxygen atoms in total. The molecule has 1 aromatic carbocycles. The Morgan fingerprint density at radius 2 is 2.10 bits per heavy atom. The summed E-state index contributed by atoms with van der Waals surface area (Å²) in [4.78, 5) is 2.53. The van der Waals surface area contributed by atoms with Crippen LogP contribution in [0.5, 0.6) is 0 Å². The van der Waals surface area contributed by atoms with E-state index < -0.39 is 0 Å². The number of benzene rings is 1. The van der Waals surface area contributed by atoms with Gasteiger partial charge in [0.15, 0.2) is 5.84 Å². The van der Waals surface area contributed by atoms with Gasteiger partial charge in [-0.15, -0.1) is 0 Å². The Kier molecular flexibility index (Phi) is 3.89. The third-order valence-corrected chi connectivity index (χ3v) is 4.61. The summed E-state index contributed by atoms with van der Waals surface area (Å²) in [5, 5.41) is 15.6. The summed E-state index contributed by atoms with van der Waals surface area (Å²) in [5.41, 5.74) is 7.62. The predicted octanol–water partition coefficient (Wildman–Crippen LogP) is 0.965. The van der Waals surface area contributed by atoms with E-state index in [0.29, 0.717) is 6.04 Å². The lowest BCUT2D eigenvalue weighted by molar-refractivity contribution is 0.0720. The molecule has 1 atom stereocenters. The number of nitrogens with two attached hydrogens (primary N) is 1. The van der Waals surface area contributed by atoms with E-state index in [0.717, 1.165) is 30.1 Å². The average Bonchev–Trinajstić information content (AvgIpc) is 2.53. The third-order valence-electron chi connectivity index (χ3n) is 4.61. The number of oxime groups is 1. The van der Waals surface area contributed by atoms with E-state index in [-0.39, 0.29) is 5.84 Å². The van der Waals surface area contributed by atoms with Gasteiger partial charge in [-0.3, -0.25) is 0 Å². The molecule has 3 fully saturated rings. The minimum Gasteiger partial charge on any atom is -0.409 e. The maximum Gasteiger partial charge on any atom is 0.170 e. The summed E-state index contributed by atoms with van der Waals surface area (Å²) in [7, 11) is 0. The van der Waals surface area contributed by atoms with Crippen molar-refractivity contribution >= 4 is 5.84 Å². The fraction of sp³-hybridized carbons (Fsp3) is 0.533. The number of amidine groups is 1. The number of nitrogens with zero attached hydrogens (tertiary/aromatic N) is 2. The fourth-order valence-corrected chi connectivity index (χ4v) is 3.42. The zero-order chi connectivity index (χ0) is 13.9. The lowest BCUT2D eigenvalue weighted by Crippen LogP contribution is -2.55. The van der Waals surface area contributed by atoms with Crippen molar-refractivity contribution in [3.8, 4) is 0 Å². The molecular weight excluding hydrogens is 252 g/mol. The molecule has 4 rings (SSSR count). The summed E-state index contributed by atoms with van der Waals surface area (Å²) in [5.74, 6) is 0.979. The van der Waals surface area contributed by atoms with Crippen LogP contribution >= 0.6 is 0 Å². The summed E-state index contributed by atoms with van der Waals surface area (Å²) in [6, 6.07) is 8.38. The maximum absolute atomic E-state index is 8.85. The Morgan fingerprint density at radius 3 is 2.75 bits per heavy atom. The van der Waals surface area contributed by atoms with Crippen molar-refractivity contribution in [3.05, 3.63) is 35.4 Å². The molecule has 20 heavy (non-hydrogen) atoms. The van der Waals surface area contributed by atoms with Crippen LogP contribution in [-0.4, -0.2) is 41.6 Å². The first-order valence-corrected chi connectivity index (χ1v) is 7.29. The lowest BCUT2D eigenvalue weighted by Gasteiger charge is -2.45. The minimum absolute atomic E-state index is 0.177. The molecule has 1 unspecified atom stereocenters. The molecule has 3 heterocycles. The molecule has 108 valence electrons. The van der Waals surface area contributed by atoms with Crippen molar-refractivity contribution in [2.24, 2.45) is 16.8 Å². The Hall–Kier alpha value is -1.59. The van der Waals surface area contributed by atoms with Crippen LogP contribution in [0.1, 0.15) is 24.0 Å². The molecule has 1 aromatic rings. The molecule has 2 bridgehead atoms. The van der Waals surface area contributed by atoms with Crippen LogP contribution in [0.2, 0.25) is 0 Å². The van der Waals surface area contributed by atoms with Gasteiger partial charge in [0.2, 0.25) is 0 Å². The van der Waals surface area contributed by atoms with Gasteiger partial charge in [0, 0.05) is 24.7 Å². The van der Waals surface area contributed by atoms with E-state index in [9.17, 15) is 0 Å². The SMILES string of the molecule is NC(=NO)c1ccccc1CNC1CN2CCC1CC2. The van der Waals surface area contributed by atoms with Gasteiger partial charge in [-0.05, 0) is 37.4 Å². The van der Waals surface area contributed by atoms with Gasteiger partial charge < -0.3 is 21.2 Å². The second-order valence-electron chi connectivity index (χ2n) is 5.77. The zero-order valence-corrected chi connectivity index (χ0v) is 11.6. The monoisotopic (exact) mass is 274 g/mol. The molecule has 3 saturated heterocycles. The number of fused-ring (bicyclic) bond motifs is 3. The average molecular weight is 274 g/mol. The normalized spacial score (nSPS) is 29.6. The largest absolute Gasteiger partial charge is 0.409 e. The van der Waals surface area contributed by atoms with Gasteiger partial charge in [0.25, 0.3) is 0 Å². The summed E-state index contributed by atoms with van der Waals surface area (Å²) in [6.45, 7) is 4.42. The van der Waals surface area contributed by atoms with E-state index in [4.69, 9.17) is 10.9 Å². The molecule has 3 aliphatic heterocycles. The Labute approximate surface area is 119 Å². The van der Waals surface area contributed by atoms with Crippen molar-refractivity contribution in [2.75, 3.05) is 19.6 Å².